The number of nitrogens with one attached hydrogen (secondary N) is 1. The fourth-order valence-corrected chi connectivity index (χ4v) is 8.15. The van der Waals surface area contributed by atoms with Crippen molar-refractivity contribution in [3.05, 3.63) is 168 Å². The Morgan fingerprint density at radius 1 is 0.542 bits per heavy atom. The van der Waals surface area contributed by atoms with Crippen LogP contribution in [0.3, 0.4) is 0 Å². The molecule has 1 aliphatic heterocycles. The SMILES string of the molecule is c1ccc(C2=NC(c3ccccc3)NC(c3cc(-c4ccc5sc6ccc7ccccc7c6c5c4)c4c(c3)oc3ccccc34)=N2)cc1. The van der Waals surface area contributed by atoms with Crippen molar-refractivity contribution in [3.63, 3.8) is 0 Å². The summed E-state index contributed by atoms with van der Waals surface area (Å²) in [6.07, 6.45) is -0.287. The molecule has 5 heteroatoms. The van der Waals surface area contributed by atoms with E-state index < -0.39 is 0 Å². The Labute approximate surface area is 280 Å². The Balaban J connectivity index is 1.21. The van der Waals surface area contributed by atoms with Gasteiger partial charge in [-0.3, -0.25) is 0 Å². The first-order valence-electron chi connectivity index (χ1n) is 16.1. The van der Waals surface area contributed by atoms with Gasteiger partial charge in [0.15, 0.2) is 5.84 Å². The van der Waals surface area contributed by atoms with Crippen molar-refractivity contribution in [2.24, 2.45) is 9.98 Å². The number of benzene rings is 7. The highest BCUT2D eigenvalue weighted by Gasteiger charge is 2.23. The van der Waals surface area contributed by atoms with Crippen molar-refractivity contribution in [2.45, 2.75) is 6.17 Å². The lowest BCUT2D eigenvalue weighted by Crippen LogP contribution is -2.33. The Bertz CT molecular complexity index is 2760. The maximum Gasteiger partial charge on any atom is 0.159 e. The van der Waals surface area contributed by atoms with Crippen LogP contribution in [0.25, 0.3) is 64.0 Å². The van der Waals surface area contributed by atoms with Gasteiger partial charge in [-0.2, -0.15) is 0 Å². The van der Waals surface area contributed by atoms with E-state index in [9.17, 15) is 0 Å². The summed E-state index contributed by atoms with van der Waals surface area (Å²) in [6.45, 7) is 0. The predicted octanol–water partition coefficient (Wildman–Crippen LogP) is 11.3. The normalized spacial score (nSPS) is 14.9. The molecule has 1 unspecified atom stereocenters. The lowest BCUT2D eigenvalue weighted by atomic mass is 9.94. The van der Waals surface area contributed by atoms with Gasteiger partial charge in [0.25, 0.3) is 0 Å². The van der Waals surface area contributed by atoms with Gasteiger partial charge in [-0.25, -0.2) is 9.98 Å². The van der Waals surface area contributed by atoms with Gasteiger partial charge in [0.05, 0.1) is 0 Å². The van der Waals surface area contributed by atoms with Crippen LogP contribution in [-0.2, 0) is 0 Å². The molecule has 0 amide bonds. The standard InChI is InChI=1S/C43H27N3OS/c1-3-12-27(13-4-1)41-44-42(28-14-5-2-6-15-28)46-43(45-41)30-24-33(39-32-17-9-10-18-35(32)47-36(39)25-30)29-20-21-37-34(23-29)40-31-16-8-7-11-26(31)19-22-38(40)48-37/h1-25,41H,(H,44,45,46). The first kappa shape index (κ1) is 27.1. The van der Waals surface area contributed by atoms with Crippen LogP contribution in [0.15, 0.2) is 166 Å². The summed E-state index contributed by atoms with van der Waals surface area (Å²) < 4.78 is 9.14. The Kier molecular flexibility index (Phi) is 6.08. The average molecular weight is 634 g/mol. The summed E-state index contributed by atoms with van der Waals surface area (Å²) in [5.41, 5.74) is 6.94. The number of hydrogen-bond donors (Lipinski definition) is 1. The third-order valence-electron chi connectivity index (χ3n) is 9.31. The van der Waals surface area contributed by atoms with Crippen LogP contribution in [-0.4, -0.2) is 11.7 Å². The van der Waals surface area contributed by atoms with Crippen LogP contribution in [0.1, 0.15) is 22.9 Å². The van der Waals surface area contributed by atoms with E-state index in [1.807, 2.05) is 59.9 Å². The number of hydrogen-bond acceptors (Lipinski definition) is 5. The molecule has 2 aromatic heterocycles. The third kappa shape index (κ3) is 4.36. The van der Waals surface area contributed by atoms with Gasteiger partial charge in [0.2, 0.25) is 0 Å². The summed E-state index contributed by atoms with van der Waals surface area (Å²) in [4.78, 5) is 10.2. The molecule has 0 bridgehead atoms. The number of fused-ring (bicyclic) bond motifs is 8. The Morgan fingerprint density at radius 3 is 2.17 bits per heavy atom. The lowest BCUT2D eigenvalue weighted by Gasteiger charge is -2.24. The van der Waals surface area contributed by atoms with E-state index in [-0.39, 0.29) is 6.17 Å². The minimum Gasteiger partial charge on any atom is -0.456 e. The first-order valence-corrected chi connectivity index (χ1v) is 16.9. The molecule has 0 radical (unpaired) electrons. The molecule has 1 aliphatic rings. The zero-order chi connectivity index (χ0) is 31.6. The Morgan fingerprint density at radius 2 is 1.29 bits per heavy atom. The van der Waals surface area contributed by atoms with E-state index in [0.717, 1.165) is 55.6 Å². The van der Waals surface area contributed by atoms with Crippen LogP contribution < -0.4 is 5.32 Å². The molecule has 0 saturated carbocycles. The molecule has 48 heavy (non-hydrogen) atoms. The molecule has 9 aromatic rings. The quantitative estimate of drug-likeness (QED) is 0.210. The van der Waals surface area contributed by atoms with E-state index in [0.29, 0.717) is 5.84 Å². The fourth-order valence-electron chi connectivity index (χ4n) is 7.05. The van der Waals surface area contributed by atoms with Crippen molar-refractivity contribution in [2.75, 3.05) is 0 Å². The summed E-state index contributed by atoms with van der Waals surface area (Å²) in [6, 6.07) is 53.2. The Hall–Kier alpha value is -6.04. The molecule has 0 saturated heterocycles. The van der Waals surface area contributed by atoms with E-state index in [2.05, 4.69) is 108 Å². The van der Waals surface area contributed by atoms with Crippen molar-refractivity contribution in [3.8, 4) is 11.1 Å². The monoisotopic (exact) mass is 633 g/mol. The number of thiophene rings is 1. The van der Waals surface area contributed by atoms with Crippen molar-refractivity contribution in [1.82, 2.24) is 5.32 Å². The van der Waals surface area contributed by atoms with Gasteiger partial charge in [-0.05, 0) is 63.9 Å². The molecule has 0 aliphatic carbocycles. The van der Waals surface area contributed by atoms with E-state index in [4.69, 9.17) is 14.4 Å². The van der Waals surface area contributed by atoms with Crippen molar-refractivity contribution >= 4 is 75.9 Å². The average Bonchev–Trinajstić information content (AvgIpc) is 3.73. The van der Waals surface area contributed by atoms with Crippen LogP contribution in [0, 0.1) is 0 Å². The second-order valence-electron chi connectivity index (χ2n) is 12.2. The number of rotatable bonds is 4. The highest BCUT2D eigenvalue weighted by Crippen LogP contribution is 2.43. The number of nitrogens with zero attached hydrogens (tertiary/aromatic N) is 2. The largest absolute Gasteiger partial charge is 0.456 e. The molecule has 7 aromatic carbocycles. The minimum absolute atomic E-state index is 0.287. The highest BCUT2D eigenvalue weighted by molar-refractivity contribution is 7.26. The van der Waals surface area contributed by atoms with Crippen molar-refractivity contribution < 1.29 is 4.42 Å². The maximum atomic E-state index is 6.56. The maximum absolute atomic E-state index is 6.56. The van der Waals surface area contributed by atoms with Crippen LogP contribution in [0.5, 0.6) is 0 Å². The summed E-state index contributed by atoms with van der Waals surface area (Å²) in [7, 11) is 0. The molecule has 1 N–H and O–H groups in total. The molecule has 226 valence electrons. The van der Waals surface area contributed by atoms with E-state index in [1.54, 1.807) is 0 Å². The zero-order valence-electron chi connectivity index (χ0n) is 25.7. The molecule has 0 spiro atoms. The van der Waals surface area contributed by atoms with Gasteiger partial charge in [-0.15, -0.1) is 11.3 Å². The zero-order valence-corrected chi connectivity index (χ0v) is 26.5. The van der Waals surface area contributed by atoms with Gasteiger partial charge in [-0.1, -0.05) is 115 Å². The predicted molar refractivity (Wildman–Crippen MR) is 201 cm³/mol. The van der Waals surface area contributed by atoms with Crippen LogP contribution in [0.2, 0.25) is 0 Å². The molecule has 10 rings (SSSR count). The van der Waals surface area contributed by atoms with Crippen LogP contribution in [0.4, 0.5) is 0 Å². The van der Waals surface area contributed by atoms with E-state index >= 15 is 0 Å². The number of aliphatic imine (C=N–C) groups is 2. The summed E-state index contributed by atoms with van der Waals surface area (Å²) in [5.74, 6) is 1.46. The smallest absolute Gasteiger partial charge is 0.159 e. The summed E-state index contributed by atoms with van der Waals surface area (Å²) in [5, 5.41) is 11.0. The van der Waals surface area contributed by atoms with Gasteiger partial charge in [0.1, 0.15) is 23.2 Å². The highest BCUT2D eigenvalue weighted by atomic mass is 32.1. The molecule has 1 atom stereocenters. The minimum atomic E-state index is -0.287. The van der Waals surface area contributed by atoms with E-state index in [1.165, 1.54) is 30.9 Å². The number of amidine groups is 2. The van der Waals surface area contributed by atoms with Crippen LogP contribution >= 0.6 is 11.3 Å². The molecule has 4 nitrogen and oxygen atoms in total. The van der Waals surface area contributed by atoms with Gasteiger partial charge in [0, 0.05) is 42.1 Å². The molecular weight excluding hydrogens is 607 g/mol. The third-order valence-corrected chi connectivity index (χ3v) is 10.4. The van der Waals surface area contributed by atoms with Crippen molar-refractivity contribution in [1.29, 1.82) is 0 Å². The first-order chi connectivity index (χ1) is 23.8. The topological polar surface area (TPSA) is 49.9 Å². The molecular formula is C43H27N3OS. The molecule has 3 heterocycles. The van der Waals surface area contributed by atoms with Gasteiger partial charge >= 0.3 is 0 Å². The molecule has 0 fully saturated rings. The lowest BCUT2D eigenvalue weighted by molar-refractivity contribution is 0.666. The second kappa shape index (κ2) is 10.8. The number of furan rings is 1. The fraction of sp³-hybridized carbons (Fsp3) is 0.0233. The number of para-hydroxylation sites is 1. The summed E-state index contributed by atoms with van der Waals surface area (Å²) >= 11 is 1.85. The second-order valence-corrected chi connectivity index (χ2v) is 13.3. The van der Waals surface area contributed by atoms with Gasteiger partial charge < -0.3 is 9.73 Å².